The minimum absolute atomic E-state index is 0.420. The predicted molar refractivity (Wildman–Crippen MR) is 61.5 cm³/mol. The summed E-state index contributed by atoms with van der Waals surface area (Å²) >= 11 is 7.34. The molecule has 0 heterocycles. The second kappa shape index (κ2) is 9.48. The zero-order valence-electron chi connectivity index (χ0n) is 8.31. The summed E-state index contributed by atoms with van der Waals surface area (Å²) in [6.07, 6.45) is 3.52. The second-order valence-electron chi connectivity index (χ2n) is 2.81. The van der Waals surface area contributed by atoms with E-state index in [4.69, 9.17) is 9.47 Å². The molecule has 0 aliphatic rings. The molecular formula is C8H17NO3S2. The smallest absolute Gasteiger partial charge is 0.429 e. The summed E-state index contributed by atoms with van der Waals surface area (Å²) in [6, 6.07) is 0. The van der Waals surface area contributed by atoms with Crippen molar-refractivity contribution in [2.45, 2.75) is 25.7 Å². The molecule has 0 unspecified atom stereocenters. The number of rotatable bonds is 7. The van der Waals surface area contributed by atoms with Crippen molar-refractivity contribution in [3.05, 3.63) is 0 Å². The summed E-state index contributed by atoms with van der Waals surface area (Å²) in [5, 5.41) is 0. The summed E-state index contributed by atoms with van der Waals surface area (Å²) < 4.78 is 10.5. The van der Waals surface area contributed by atoms with Gasteiger partial charge in [0.2, 0.25) is 0 Å². The van der Waals surface area contributed by atoms with Gasteiger partial charge < -0.3 is 9.47 Å². The number of hydrogen-bond donors (Lipinski definition) is 2. The molecule has 1 amide bonds. The van der Waals surface area contributed by atoms with Crippen molar-refractivity contribution in [1.29, 1.82) is 0 Å². The summed E-state index contributed by atoms with van der Waals surface area (Å²) in [4.78, 5) is 10.8. The number of carbonyl (C=O) groups excluding carboxylic acids is 1. The van der Waals surface area contributed by atoms with Gasteiger partial charge in [-0.1, -0.05) is 6.42 Å². The van der Waals surface area contributed by atoms with E-state index in [1.54, 1.807) is 7.11 Å². The van der Waals surface area contributed by atoms with Gasteiger partial charge in [-0.15, -0.1) is 0 Å². The number of carbonyl (C=O) groups is 1. The van der Waals surface area contributed by atoms with E-state index in [1.165, 1.54) is 0 Å². The topological polar surface area (TPSA) is 38.8 Å². The molecule has 0 aromatic rings. The highest BCUT2D eigenvalue weighted by Crippen LogP contribution is 2.04. The maximum absolute atomic E-state index is 10.8. The summed E-state index contributed by atoms with van der Waals surface area (Å²) in [5.74, 6) is 0. The van der Waals surface area contributed by atoms with Gasteiger partial charge in [0.05, 0.1) is 6.61 Å². The average Bonchev–Trinajstić information content (AvgIpc) is 2.16. The van der Waals surface area contributed by atoms with Crippen LogP contribution in [0.1, 0.15) is 25.7 Å². The molecule has 0 rings (SSSR count). The monoisotopic (exact) mass is 239 g/mol. The van der Waals surface area contributed by atoms with Crippen molar-refractivity contribution in [2.24, 2.45) is 0 Å². The van der Waals surface area contributed by atoms with Crippen LogP contribution in [0.3, 0.4) is 0 Å². The lowest BCUT2D eigenvalue weighted by Gasteiger charge is -2.08. The van der Waals surface area contributed by atoms with Gasteiger partial charge in [0, 0.05) is 13.7 Å². The Hall–Kier alpha value is -0.0700. The summed E-state index contributed by atoms with van der Waals surface area (Å²) in [7, 11) is 1.69. The van der Waals surface area contributed by atoms with Gasteiger partial charge in [-0.25, -0.2) is 4.79 Å². The van der Waals surface area contributed by atoms with E-state index in [9.17, 15) is 4.79 Å². The van der Waals surface area contributed by atoms with Gasteiger partial charge in [-0.2, -0.15) is 3.71 Å². The molecule has 0 bridgehead atoms. The third kappa shape index (κ3) is 8.52. The Morgan fingerprint density at radius 2 is 1.71 bits per heavy atom. The van der Waals surface area contributed by atoms with E-state index < -0.39 is 6.09 Å². The number of unbranched alkanes of at least 4 members (excludes halogenated alkanes) is 3. The largest absolute Gasteiger partial charge is 0.448 e. The third-order valence-corrected chi connectivity index (χ3v) is 1.96. The number of amides is 1. The van der Waals surface area contributed by atoms with Crippen LogP contribution in [-0.2, 0) is 9.47 Å². The molecule has 6 heteroatoms. The highest BCUT2D eigenvalue weighted by atomic mass is 32.2. The molecule has 84 valence electrons. The van der Waals surface area contributed by atoms with Crippen LogP contribution in [0.5, 0.6) is 0 Å². The van der Waals surface area contributed by atoms with Crippen LogP contribution >= 0.6 is 25.6 Å². The van der Waals surface area contributed by atoms with Gasteiger partial charge >= 0.3 is 6.09 Å². The fourth-order valence-corrected chi connectivity index (χ4v) is 1.03. The highest BCUT2D eigenvalue weighted by molar-refractivity contribution is 7.94. The van der Waals surface area contributed by atoms with E-state index in [0.717, 1.165) is 36.0 Å². The van der Waals surface area contributed by atoms with E-state index in [-0.39, 0.29) is 0 Å². The molecule has 0 spiro atoms. The first kappa shape index (κ1) is 13.9. The maximum atomic E-state index is 10.8. The lowest BCUT2D eigenvalue weighted by Crippen LogP contribution is -2.14. The molecule has 0 aliphatic carbocycles. The second-order valence-corrected chi connectivity index (χ2v) is 3.93. The van der Waals surface area contributed by atoms with Crippen molar-refractivity contribution in [3.63, 3.8) is 0 Å². The Kier molecular flexibility index (Phi) is 9.44. The number of ether oxygens (including phenoxy) is 2. The van der Waals surface area contributed by atoms with Crippen LogP contribution < -0.4 is 0 Å². The zero-order valence-corrected chi connectivity index (χ0v) is 10.1. The van der Waals surface area contributed by atoms with Gasteiger partial charge in [-0.3, -0.25) is 0 Å². The Bertz CT molecular complexity index is 156. The quantitative estimate of drug-likeness (QED) is 0.529. The molecule has 0 fully saturated rings. The fraction of sp³-hybridized carbons (Fsp3) is 0.875. The van der Waals surface area contributed by atoms with Crippen molar-refractivity contribution in [3.8, 4) is 0 Å². The molecule has 0 aliphatic heterocycles. The first-order valence-electron chi connectivity index (χ1n) is 4.52. The first-order valence-corrected chi connectivity index (χ1v) is 5.32. The number of nitrogens with zero attached hydrogens (tertiary/aromatic N) is 1. The Labute approximate surface area is 96.0 Å². The standard InChI is InChI=1S/C8H17NO3S2/c1-11-6-4-2-3-5-7-12-8(10)9(13)14/h13-14H,2-7H2,1H3. The Balaban J connectivity index is 3.10. The van der Waals surface area contributed by atoms with Gasteiger partial charge in [0.1, 0.15) is 0 Å². The Morgan fingerprint density at radius 1 is 1.14 bits per heavy atom. The molecule has 0 N–H and O–H groups in total. The molecule has 0 saturated carbocycles. The number of methoxy groups -OCH3 is 1. The highest BCUT2D eigenvalue weighted by Gasteiger charge is 2.05. The van der Waals surface area contributed by atoms with Crippen LogP contribution in [-0.4, -0.2) is 30.1 Å². The number of thiol groups is 2. The van der Waals surface area contributed by atoms with Crippen LogP contribution in [0.25, 0.3) is 0 Å². The number of hydrogen-bond acceptors (Lipinski definition) is 5. The fourth-order valence-electron chi connectivity index (χ4n) is 0.919. The normalized spacial score (nSPS) is 9.93. The molecule has 0 saturated heterocycles. The van der Waals surface area contributed by atoms with E-state index in [1.807, 2.05) is 0 Å². The minimum Gasteiger partial charge on any atom is -0.448 e. The van der Waals surface area contributed by atoms with Crippen molar-refractivity contribution in [1.82, 2.24) is 3.71 Å². The van der Waals surface area contributed by atoms with Crippen LogP contribution in [0.4, 0.5) is 4.79 Å². The van der Waals surface area contributed by atoms with Crippen LogP contribution in [0, 0.1) is 0 Å². The minimum atomic E-state index is -0.534. The molecule has 0 aromatic heterocycles. The third-order valence-electron chi connectivity index (χ3n) is 1.63. The molecule has 14 heavy (non-hydrogen) atoms. The molecule has 4 nitrogen and oxygen atoms in total. The van der Waals surface area contributed by atoms with Crippen molar-refractivity contribution < 1.29 is 14.3 Å². The first-order chi connectivity index (χ1) is 6.68. The van der Waals surface area contributed by atoms with E-state index in [2.05, 4.69) is 25.6 Å². The van der Waals surface area contributed by atoms with E-state index >= 15 is 0 Å². The maximum Gasteiger partial charge on any atom is 0.429 e. The van der Waals surface area contributed by atoms with Gasteiger partial charge in [0.25, 0.3) is 0 Å². The zero-order chi connectivity index (χ0) is 10.8. The molecule has 0 atom stereocenters. The molecule has 0 aromatic carbocycles. The van der Waals surface area contributed by atoms with Crippen LogP contribution in [0.2, 0.25) is 0 Å². The Morgan fingerprint density at radius 3 is 2.21 bits per heavy atom. The SMILES string of the molecule is COCCCCCCOC(=O)N(S)S. The van der Waals surface area contributed by atoms with Crippen molar-refractivity contribution >= 4 is 31.7 Å². The van der Waals surface area contributed by atoms with Gasteiger partial charge in [-0.05, 0) is 44.9 Å². The predicted octanol–water partition coefficient (Wildman–Crippen LogP) is 2.32. The summed E-state index contributed by atoms with van der Waals surface area (Å²) in [5.41, 5.74) is 0. The van der Waals surface area contributed by atoms with E-state index in [0.29, 0.717) is 6.61 Å². The summed E-state index contributed by atoms with van der Waals surface area (Å²) in [6.45, 7) is 1.21. The van der Waals surface area contributed by atoms with Gasteiger partial charge in [0.15, 0.2) is 0 Å². The van der Waals surface area contributed by atoms with Crippen LogP contribution in [0.15, 0.2) is 0 Å². The van der Waals surface area contributed by atoms with Crippen molar-refractivity contribution in [2.75, 3.05) is 20.3 Å². The lowest BCUT2D eigenvalue weighted by molar-refractivity contribution is 0.139. The molecule has 0 radical (unpaired) electrons. The lowest BCUT2D eigenvalue weighted by atomic mass is 10.2. The molecular weight excluding hydrogens is 222 g/mol. The average molecular weight is 239 g/mol.